The van der Waals surface area contributed by atoms with Crippen molar-refractivity contribution in [3.8, 4) is 6.07 Å². The Hall–Kier alpha value is -0.910. The molecule has 0 heterocycles. The zero-order valence-corrected chi connectivity index (χ0v) is 11.0. The maximum atomic E-state index is 8.72. The van der Waals surface area contributed by atoms with Crippen LogP contribution >= 0.6 is 23.2 Å². The minimum absolute atomic E-state index is 0.450. The van der Waals surface area contributed by atoms with Crippen LogP contribution < -0.4 is 4.90 Å². The molecule has 1 saturated carbocycles. The van der Waals surface area contributed by atoms with Crippen LogP contribution in [-0.2, 0) is 5.88 Å². The van der Waals surface area contributed by atoms with E-state index in [0.29, 0.717) is 18.3 Å². The fourth-order valence-electron chi connectivity index (χ4n) is 2.02. The summed E-state index contributed by atoms with van der Waals surface area (Å²) in [5.74, 6) is 0.450. The topological polar surface area (TPSA) is 27.0 Å². The molecule has 1 aliphatic carbocycles. The van der Waals surface area contributed by atoms with Gasteiger partial charge < -0.3 is 4.90 Å². The quantitative estimate of drug-likeness (QED) is 0.756. The first-order chi connectivity index (χ1) is 8.27. The lowest BCUT2D eigenvalue weighted by atomic mass is 10.1. The van der Waals surface area contributed by atoms with Crippen LogP contribution in [-0.4, -0.2) is 12.6 Å². The van der Waals surface area contributed by atoms with Gasteiger partial charge in [0, 0.05) is 18.5 Å². The molecule has 0 saturated heterocycles. The second-order valence-electron chi connectivity index (χ2n) is 4.21. The van der Waals surface area contributed by atoms with Crippen molar-refractivity contribution in [1.82, 2.24) is 0 Å². The van der Waals surface area contributed by atoms with Crippen molar-refractivity contribution in [1.29, 1.82) is 5.26 Å². The minimum Gasteiger partial charge on any atom is -0.366 e. The summed E-state index contributed by atoms with van der Waals surface area (Å²) >= 11 is 12.2. The van der Waals surface area contributed by atoms with E-state index in [0.717, 1.165) is 22.8 Å². The Morgan fingerprint density at radius 3 is 2.76 bits per heavy atom. The van der Waals surface area contributed by atoms with Gasteiger partial charge in [0.15, 0.2) is 0 Å². The van der Waals surface area contributed by atoms with Gasteiger partial charge in [0.1, 0.15) is 0 Å². The summed E-state index contributed by atoms with van der Waals surface area (Å²) in [6.07, 6.45) is 2.88. The first-order valence-electron chi connectivity index (χ1n) is 5.75. The van der Waals surface area contributed by atoms with Crippen LogP contribution in [0.3, 0.4) is 0 Å². The Morgan fingerprint density at radius 1 is 1.41 bits per heavy atom. The predicted octanol–water partition coefficient (Wildman–Crippen LogP) is 3.96. The molecular formula is C13H14Cl2N2. The van der Waals surface area contributed by atoms with Gasteiger partial charge in [-0.3, -0.25) is 0 Å². The second kappa shape index (κ2) is 5.62. The van der Waals surface area contributed by atoms with E-state index in [2.05, 4.69) is 11.0 Å². The Balaban J connectivity index is 2.31. The maximum Gasteiger partial charge on any atom is 0.0642 e. The van der Waals surface area contributed by atoms with Gasteiger partial charge in [-0.25, -0.2) is 0 Å². The molecule has 1 fully saturated rings. The van der Waals surface area contributed by atoms with Gasteiger partial charge in [0.2, 0.25) is 0 Å². The van der Waals surface area contributed by atoms with Gasteiger partial charge in [-0.15, -0.1) is 11.6 Å². The van der Waals surface area contributed by atoms with E-state index in [1.807, 2.05) is 18.2 Å². The molecule has 4 heteroatoms. The molecule has 0 radical (unpaired) electrons. The summed E-state index contributed by atoms with van der Waals surface area (Å²) in [5.41, 5.74) is 2.06. The van der Waals surface area contributed by atoms with Crippen LogP contribution in [0.2, 0.25) is 5.02 Å². The van der Waals surface area contributed by atoms with Crippen LogP contribution in [0.1, 0.15) is 24.8 Å². The van der Waals surface area contributed by atoms with Crippen LogP contribution in [0.5, 0.6) is 0 Å². The number of para-hydroxylation sites is 1. The molecule has 1 aliphatic rings. The summed E-state index contributed by atoms with van der Waals surface area (Å²) in [7, 11) is 0. The molecule has 0 unspecified atom stereocenters. The summed E-state index contributed by atoms with van der Waals surface area (Å²) in [5, 5.41) is 9.45. The van der Waals surface area contributed by atoms with E-state index in [-0.39, 0.29) is 0 Å². The highest BCUT2D eigenvalue weighted by atomic mass is 35.5. The molecule has 2 nitrogen and oxygen atoms in total. The lowest BCUT2D eigenvalue weighted by Crippen LogP contribution is -2.27. The lowest BCUT2D eigenvalue weighted by Gasteiger charge is -2.27. The van der Waals surface area contributed by atoms with Crippen molar-refractivity contribution >= 4 is 28.9 Å². The summed E-state index contributed by atoms with van der Waals surface area (Å²) < 4.78 is 0. The van der Waals surface area contributed by atoms with Gasteiger partial charge in [0.05, 0.1) is 23.2 Å². The standard InChI is InChI=1S/C13H14Cl2N2/c14-9-10-3-1-4-12(15)13(10)17(8-2-7-16)11-5-6-11/h1,3-4,11H,2,5-6,8-9H2. The molecule has 0 N–H and O–H groups in total. The summed E-state index contributed by atoms with van der Waals surface area (Å²) in [4.78, 5) is 2.24. The van der Waals surface area contributed by atoms with Crippen molar-refractivity contribution in [2.75, 3.05) is 11.4 Å². The molecule has 0 aromatic heterocycles. The average Bonchev–Trinajstić information content (AvgIpc) is 3.15. The fraction of sp³-hybridized carbons (Fsp3) is 0.462. The van der Waals surface area contributed by atoms with Crippen molar-refractivity contribution in [3.05, 3.63) is 28.8 Å². The molecule has 0 spiro atoms. The van der Waals surface area contributed by atoms with E-state index in [4.69, 9.17) is 28.5 Å². The van der Waals surface area contributed by atoms with E-state index in [1.165, 1.54) is 12.8 Å². The smallest absolute Gasteiger partial charge is 0.0642 e. The number of rotatable bonds is 5. The van der Waals surface area contributed by atoms with Crippen molar-refractivity contribution in [2.45, 2.75) is 31.2 Å². The van der Waals surface area contributed by atoms with Crippen LogP contribution in [0.4, 0.5) is 5.69 Å². The van der Waals surface area contributed by atoms with Crippen molar-refractivity contribution in [3.63, 3.8) is 0 Å². The number of benzene rings is 1. The average molecular weight is 269 g/mol. The van der Waals surface area contributed by atoms with E-state index in [9.17, 15) is 0 Å². The summed E-state index contributed by atoms with van der Waals surface area (Å²) in [6.45, 7) is 0.731. The number of hydrogen-bond acceptors (Lipinski definition) is 2. The molecule has 1 aromatic rings. The van der Waals surface area contributed by atoms with Crippen molar-refractivity contribution in [2.24, 2.45) is 0 Å². The van der Waals surface area contributed by atoms with Gasteiger partial charge in [-0.2, -0.15) is 5.26 Å². The molecule has 0 amide bonds. The Kier molecular flexibility index (Phi) is 4.15. The fourth-order valence-corrected chi connectivity index (χ4v) is 2.54. The molecule has 0 atom stereocenters. The first-order valence-corrected chi connectivity index (χ1v) is 6.66. The highest BCUT2D eigenvalue weighted by molar-refractivity contribution is 6.33. The van der Waals surface area contributed by atoms with E-state index < -0.39 is 0 Å². The Morgan fingerprint density at radius 2 is 2.18 bits per heavy atom. The maximum absolute atomic E-state index is 8.72. The van der Waals surface area contributed by atoms with Gasteiger partial charge in [-0.05, 0) is 24.5 Å². The number of anilines is 1. The zero-order valence-electron chi connectivity index (χ0n) is 9.50. The number of halogens is 2. The highest BCUT2D eigenvalue weighted by Gasteiger charge is 2.31. The molecule has 1 aromatic carbocycles. The Labute approximate surface area is 112 Å². The molecule has 2 rings (SSSR count). The highest BCUT2D eigenvalue weighted by Crippen LogP contribution is 2.38. The molecular weight excluding hydrogens is 255 g/mol. The first kappa shape index (κ1) is 12.5. The van der Waals surface area contributed by atoms with Gasteiger partial charge in [-0.1, -0.05) is 23.7 Å². The van der Waals surface area contributed by atoms with E-state index >= 15 is 0 Å². The third-order valence-corrected chi connectivity index (χ3v) is 3.55. The number of nitriles is 1. The van der Waals surface area contributed by atoms with Crippen LogP contribution in [0, 0.1) is 11.3 Å². The van der Waals surface area contributed by atoms with Gasteiger partial charge in [0.25, 0.3) is 0 Å². The molecule has 90 valence electrons. The minimum atomic E-state index is 0.450. The van der Waals surface area contributed by atoms with Gasteiger partial charge >= 0.3 is 0 Å². The van der Waals surface area contributed by atoms with Crippen molar-refractivity contribution < 1.29 is 0 Å². The molecule has 0 bridgehead atoms. The molecule has 0 aliphatic heterocycles. The lowest BCUT2D eigenvalue weighted by molar-refractivity contribution is 0.789. The monoisotopic (exact) mass is 268 g/mol. The van der Waals surface area contributed by atoms with E-state index in [1.54, 1.807) is 0 Å². The number of hydrogen-bond donors (Lipinski definition) is 0. The third-order valence-electron chi connectivity index (χ3n) is 2.95. The SMILES string of the molecule is N#CCCN(c1c(Cl)cccc1CCl)C1CC1. The Bertz CT molecular complexity index is 436. The largest absolute Gasteiger partial charge is 0.366 e. The number of alkyl halides is 1. The summed E-state index contributed by atoms with van der Waals surface area (Å²) in [6, 6.07) is 8.52. The second-order valence-corrected chi connectivity index (χ2v) is 4.89. The predicted molar refractivity (Wildman–Crippen MR) is 71.6 cm³/mol. The van der Waals surface area contributed by atoms with Crippen LogP contribution in [0.25, 0.3) is 0 Å². The normalized spacial score (nSPS) is 14.4. The number of nitrogens with zero attached hydrogens (tertiary/aromatic N) is 2. The van der Waals surface area contributed by atoms with Crippen LogP contribution in [0.15, 0.2) is 18.2 Å². The zero-order chi connectivity index (χ0) is 12.3. The third kappa shape index (κ3) is 2.86. The molecule has 17 heavy (non-hydrogen) atoms.